The van der Waals surface area contributed by atoms with Crippen LogP contribution < -0.4 is 0 Å². The lowest BCUT2D eigenvalue weighted by molar-refractivity contribution is 0.385. The van der Waals surface area contributed by atoms with Gasteiger partial charge in [-0.2, -0.15) is 0 Å². The maximum absolute atomic E-state index is 12.2. The number of hydrogen-bond acceptors (Lipinski definition) is 1. The van der Waals surface area contributed by atoms with Crippen LogP contribution in [0.1, 0.15) is 32.1 Å². The summed E-state index contributed by atoms with van der Waals surface area (Å²) < 4.78 is 13.2. The van der Waals surface area contributed by atoms with Gasteiger partial charge in [-0.15, -0.1) is 0 Å². The first-order chi connectivity index (χ1) is 7.75. The van der Waals surface area contributed by atoms with E-state index in [1.54, 1.807) is 0 Å². The van der Waals surface area contributed by atoms with Gasteiger partial charge >= 0.3 is 0 Å². The van der Waals surface area contributed by atoms with Crippen molar-refractivity contribution in [3.63, 3.8) is 0 Å². The molecule has 0 N–H and O–H groups in total. The van der Waals surface area contributed by atoms with Crippen molar-refractivity contribution in [2.24, 2.45) is 5.92 Å². The number of halogens is 1. The van der Waals surface area contributed by atoms with Crippen LogP contribution in [0.15, 0.2) is 33.6 Å². The van der Waals surface area contributed by atoms with Gasteiger partial charge in [-0.1, -0.05) is 41.3 Å². The Morgan fingerprint density at radius 3 is 2.69 bits per heavy atom. The Hall–Kier alpha value is 0.01000. The minimum Gasteiger partial charge on any atom is -0.611 e. The molecule has 1 fully saturated rings. The maximum Gasteiger partial charge on any atom is 0.153 e. The minimum absolute atomic E-state index is 0.675. The molecule has 0 bridgehead atoms. The Kier molecular flexibility index (Phi) is 4.74. The number of hydrogen-bond donors (Lipinski definition) is 0. The molecule has 1 aliphatic carbocycles. The van der Waals surface area contributed by atoms with E-state index in [1.165, 1.54) is 32.1 Å². The van der Waals surface area contributed by atoms with Gasteiger partial charge in [-0.05, 0) is 36.2 Å². The molecule has 0 aromatic heterocycles. The average molecular weight is 301 g/mol. The Morgan fingerprint density at radius 1 is 1.25 bits per heavy atom. The summed E-state index contributed by atoms with van der Waals surface area (Å²) in [5.41, 5.74) is 0. The predicted octanol–water partition coefficient (Wildman–Crippen LogP) is 4.14. The maximum atomic E-state index is 12.2. The normalized spacial score (nSPS) is 19.6. The summed E-state index contributed by atoms with van der Waals surface area (Å²) in [5, 5.41) is 0. The largest absolute Gasteiger partial charge is 0.611 e. The summed E-state index contributed by atoms with van der Waals surface area (Å²) in [6, 6.07) is 7.86. The van der Waals surface area contributed by atoms with Crippen molar-refractivity contribution in [1.29, 1.82) is 0 Å². The van der Waals surface area contributed by atoms with Crippen LogP contribution in [-0.2, 0) is 11.2 Å². The molecule has 0 amide bonds. The molecular formula is C13H17BrOS. The highest BCUT2D eigenvalue weighted by atomic mass is 79.9. The SMILES string of the molecule is [O-][S+](CC1CCCCC1)c1cccc(Br)c1. The van der Waals surface area contributed by atoms with Crippen LogP contribution >= 0.6 is 15.9 Å². The fourth-order valence-corrected chi connectivity index (χ4v) is 4.27. The topological polar surface area (TPSA) is 23.1 Å². The van der Waals surface area contributed by atoms with Gasteiger partial charge in [0.25, 0.3) is 0 Å². The number of rotatable bonds is 3. The van der Waals surface area contributed by atoms with Crippen molar-refractivity contribution >= 4 is 27.1 Å². The lowest BCUT2D eigenvalue weighted by Crippen LogP contribution is -2.18. The van der Waals surface area contributed by atoms with Gasteiger partial charge in [0.1, 0.15) is 5.75 Å². The smallest absolute Gasteiger partial charge is 0.153 e. The van der Waals surface area contributed by atoms with E-state index in [0.717, 1.165) is 15.1 Å². The lowest BCUT2D eigenvalue weighted by Gasteiger charge is -2.22. The summed E-state index contributed by atoms with van der Waals surface area (Å²) >= 11 is 2.60. The predicted molar refractivity (Wildman–Crippen MR) is 72.0 cm³/mol. The Balaban J connectivity index is 1.94. The molecule has 2 rings (SSSR count). The molecule has 3 heteroatoms. The Morgan fingerprint density at radius 2 is 2.00 bits per heavy atom. The van der Waals surface area contributed by atoms with Gasteiger partial charge in [-0.25, -0.2) is 0 Å². The summed E-state index contributed by atoms with van der Waals surface area (Å²) in [7, 11) is 0. The third-order valence-corrected chi connectivity index (χ3v) is 5.22. The second kappa shape index (κ2) is 6.08. The van der Waals surface area contributed by atoms with E-state index in [1.807, 2.05) is 24.3 Å². The lowest BCUT2D eigenvalue weighted by atomic mass is 9.91. The van der Waals surface area contributed by atoms with Crippen molar-refractivity contribution < 1.29 is 4.55 Å². The molecule has 1 saturated carbocycles. The van der Waals surface area contributed by atoms with Crippen LogP contribution in [0.5, 0.6) is 0 Å². The standard InChI is InChI=1S/C13H17BrOS/c14-12-7-4-8-13(9-12)16(15)10-11-5-2-1-3-6-11/h4,7-9,11H,1-3,5-6,10H2. The summed E-state index contributed by atoms with van der Waals surface area (Å²) in [4.78, 5) is 0.958. The third kappa shape index (κ3) is 3.51. The summed E-state index contributed by atoms with van der Waals surface area (Å²) in [6.07, 6.45) is 6.53. The first-order valence-electron chi connectivity index (χ1n) is 5.89. The molecule has 0 radical (unpaired) electrons. The van der Waals surface area contributed by atoms with Crippen LogP contribution in [0.2, 0.25) is 0 Å². The van der Waals surface area contributed by atoms with Crippen molar-refractivity contribution in [3.05, 3.63) is 28.7 Å². The molecule has 1 aromatic rings. The van der Waals surface area contributed by atoms with E-state index in [-0.39, 0.29) is 0 Å². The van der Waals surface area contributed by atoms with Gasteiger partial charge in [-0.3, -0.25) is 0 Å². The molecule has 0 saturated heterocycles. The highest BCUT2D eigenvalue weighted by Gasteiger charge is 2.21. The zero-order valence-corrected chi connectivity index (χ0v) is 11.7. The van der Waals surface area contributed by atoms with Gasteiger partial charge in [0, 0.05) is 16.5 Å². The van der Waals surface area contributed by atoms with Gasteiger partial charge in [0.15, 0.2) is 4.90 Å². The molecule has 1 aliphatic rings. The van der Waals surface area contributed by atoms with Crippen LogP contribution in [0.25, 0.3) is 0 Å². The molecule has 0 heterocycles. The second-order valence-electron chi connectivity index (χ2n) is 4.47. The first-order valence-corrected chi connectivity index (χ1v) is 8.01. The highest BCUT2D eigenvalue weighted by Crippen LogP contribution is 2.27. The zero-order chi connectivity index (χ0) is 11.4. The van der Waals surface area contributed by atoms with Gasteiger partial charge in [0.05, 0.1) is 0 Å². The van der Waals surface area contributed by atoms with Crippen LogP contribution in [0.3, 0.4) is 0 Å². The third-order valence-electron chi connectivity index (χ3n) is 3.17. The van der Waals surface area contributed by atoms with Crippen molar-refractivity contribution in [2.45, 2.75) is 37.0 Å². The monoisotopic (exact) mass is 300 g/mol. The molecular weight excluding hydrogens is 284 g/mol. The zero-order valence-electron chi connectivity index (χ0n) is 9.32. The fraction of sp³-hybridized carbons (Fsp3) is 0.538. The molecule has 88 valence electrons. The molecule has 16 heavy (non-hydrogen) atoms. The fourth-order valence-electron chi connectivity index (χ4n) is 2.27. The Labute approximate surface area is 109 Å². The van der Waals surface area contributed by atoms with E-state index >= 15 is 0 Å². The Bertz CT molecular complexity index is 336. The van der Waals surface area contributed by atoms with Crippen molar-refractivity contribution in [1.82, 2.24) is 0 Å². The van der Waals surface area contributed by atoms with Gasteiger partial charge in [0.2, 0.25) is 0 Å². The average Bonchev–Trinajstić information content (AvgIpc) is 2.30. The highest BCUT2D eigenvalue weighted by molar-refractivity contribution is 9.10. The van der Waals surface area contributed by atoms with Crippen LogP contribution in [0, 0.1) is 5.92 Å². The number of benzene rings is 1. The van der Waals surface area contributed by atoms with Crippen molar-refractivity contribution in [3.8, 4) is 0 Å². The molecule has 0 aliphatic heterocycles. The molecule has 1 nitrogen and oxygen atoms in total. The van der Waals surface area contributed by atoms with E-state index in [9.17, 15) is 4.55 Å². The summed E-state index contributed by atoms with van der Waals surface area (Å²) in [6.45, 7) is 0. The second-order valence-corrected chi connectivity index (χ2v) is 6.89. The molecule has 1 aromatic carbocycles. The van der Waals surface area contributed by atoms with E-state index in [4.69, 9.17) is 0 Å². The molecule has 1 atom stereocenters. The van der Waals surface area contributed by atoms with E-state index in [0.29, 0.717) is 5.92 Å². The van der Waals surface area contributed by atoms with E-state index < -0.39 is 11.2 Å². The quantitative estimate of drug-likeness (QED) is 0.770. The first kappa shape index (κ1) is 12.5. The van der Waals surface area contributed by atoms with Crippen molar-refractivity contribution in [2.75, 3.05) is 5.75 Å². The van der Waals surface area contributed by atoms with Crippen LogP contribution in [-0.4, -0.2) is 10.3 Å². The van der Waals surface area contributed by atoms with Crippen LogP contribution in [0.4, 0.5) is 0 Å². The van der Waals surface area contributed by atoms with E-state index in [2.05, 4.69) is 15.9 Å². The minimum atomic E-state index is -0.821. The molecule has 1 unspecified atom stereocenters. The van der Waals surface area contributed by atoms with Gasteiger partial charge < -0.3 is 4.55 Å². The summed E-state index contributed by atoms with van der Waals surface area (Å²) in [5.74, 6) is 1.52. The molecule has 0 spiro atoms.